The summed E-state index contributed by atoms with van der Waals surface area (Å²) in [6, 6.07) is 5.40. The minimum Gasteiger partial charge on any atom is -0.454 e. The summed E-state index contributed by atoms with van der Waals surface area (Å²) in [4.78, 5) is 26.6. The maximum Gasteiger partial charge on any atom is 0.324 e. The van der Waals surface area contributed by atoms with Crippen molar-refractivity contribution in [3.63, 3.8) is 0 Å². The quantitative estimate of drug-likeness (QED) is 0.869. The Morgan fingerprint density at radius 3 is 2.95 bits per heavy atom. The van der Waals surface area contributed by atoms with Crippen molar-refractivity contribution in [1.29, 1.82) is 0 Å². The van der Waals surface area contributed by atoms with Crippen LogP contribution in [-0.2, 0) is 11.3 Å². The van der Waals surface area contributed by atoms with Gasteiger partial charge in [0.2, 0.25) is 12.7 Å². The summed E-state index contributed by atoms with van der Waals surface area (Å²) in [6.45, 7) is 2.00. The van der Waals surface area contributed by atoms with E-state index in [1.165, 1.54) is 4.90 Å². The molecule has 112 valence electrons. The molecule has 7 nitrogen and oxygen atoms in total. The zero-order valence-corrected chi connectivity index (χ0v) is 11.8. The van der Waals surface area contributed by atoms with Gasteiger partial charge in [-0.25, -0.2) is 4.79 Å². The molecule has 0 spiro atoms. The van der Waals surface area contributed by atoms with E-state index in [4.69, 9.17) is 9.47 Å². The van der Waals surface area contributed by atoms with Crippen LogP contribution < -0.4 is 14.8 Å². The van der Waals surface area contributed by atoms with Crippen molar-refractivity contribution in [2.75, 3.05) is 33.5 Å². The van der Waals surface area contributed by atoms with Crippen LogP contribution in [0.2, 0.25) is 0 Å². The van der Waals surface area contributed by atoms with E-state index in [0.717, 1.165) is 17.1 Å². The number of urea groups is 1. The van der Waals surface area contributed by atoms with Crippen LogP contribution in [0.1, 0.15) is 5.56 Å². The van der Waals surface area contributed by atoms with Crippen LogP contribution in [0.5, 0.6) is 11.5 Å². The molecule has 2 aliphatic heterocycles. The summed E-state index contributed by atoms with van der Waals surface area (Å²) in [7, 11) is 1.84. The van der Waals surface area contributed by atoms with E-state index < -0.39 is 0 Å². The molecule has 1 fully saturated rings. The third kappa shape index (κ3) is 2.92. The summed E-state index contributed by atoms with van der Waals surface area (Å²) in [5, 5.41) is 2.62. The number of imide groups is 1. The first kappa shape index (κ1) is 13.7. The molecule has 1 aromatic rings. The molecule has 2 aliphatic rings. The second-order valence-electron chi connectivity index (χ2n) is 5.14. The maximum absolute atomic E-state index is 12.0. The molecule has 21 heavy (non-hydrogen) atoms. The maximum atomic E-state index is 12.0. The van der Waals surface area contributed by atoms with Crippen molar-refractivity contribution in [2.45, 2.75) is 6.54 Å². The van der Waals surface area contributed by atoms with Gasteiger partial charge in [0.25, 0.3) is 0 Å². The second kappa shape index (κ2) is 5.61. The minimum absolute atomic E-state index is 0.187. The summed E-state index contributed by atoms with van der Waals surface area (Å²) >= 11 is 0. The molecular formula is C14H17N3O4. The molecule has 7 heteroatoms. The van der Waals surface area contributed by atoms with E-state index in [9.17, 15) is 9.59 Å². The number of likely N-dealkylation sites (N-methyl/N-ethyl adjacent to an activating group) is 1. The standard InChI is InChI=1S/C14H17N3O4/c1-16(8-13(18)17-5-4-15-14(17)19)7-10-2-3-11-12(6-10)21-9-20-11/h2-3,6H,4-5,7-9H2,1H3,(H,15,19). The van der Waals surface area contributed by atoms with Crippen molar-refractivity contribution >= 4 is 11.9 Å². The molecule has 0 atom stereocenters. The predicted octanol–water partition coefficient (Wildman–Crippen LogP) is 0.399. The number of hydrogen-bond donors (Lipinski definition) is 1. The van der Waals surface area contributed by atoms with Gasteiger partial charge in [0.05, 0.1) is 6.54 Å². The Morgan fingerprint density at radius 1 is 1.38 bits per heavy atom. The molecule has 2 heterocycles. The summed E-state index contributed by atoms with van der Waals surface area (Å²) in [6.07, 6.45) is 0. The number of benzene rings is 1. The number of ether oxygens (including phenoxy) is 2. The van der Waals surface area contributed by atoms with Gasteiger partial charge in [-0.15, -0.1) is 0 Å². The molecule has 0 unspecified atom stereocenters. The van der Waals surface area contributed by atoms with Crippen molar-refractivity contribution < 1.29 is 19.1 Å². The van der Waals surface area contributed by atoms with E-state index in [2.05, 4.69) is 5.32 Å². The Kier molecular flexibility index (Phi) is 3.66. The second-order valence-corrected chi connectivity index (χ2v) is 5.14. The molecule has 3 amide bonds. The highest BCUT2D eigenvalue weighted by molar-refractivity contribution is 5.96. The van der Waals surface area contributed by atoms with Crippen molar-refractivity contribution in [2.24, 2.45) is 0 Å². The molecule has 1 aromatic carbocycles. The van der Waals surface area contributed by atoms with Crippen LogP contribution in [0.15, 0.2) is 18.2 Å². The fourth-order valence-corrected chi connectivity index (χ4v) is 2.43. The van der Waals surface area contributed by atoms with Gasteiger partial charge in [-0.3, -0.25) is 14.6 Å². The van der Waals surface area contributed by atoms with E-state index >= 15 is 0 Å². The normalized spacial score (nSPS) is 16.5. The van der Waals surface area contributed by atoms with Gasteiger partial charge >= 0.3 is 6.03 Å². The van der Waals surface area contributed by atoms with Crippen molar-refractivity contribution in [3.05, 3.63) is 23.8 Å². The summed E-state index contributed by atoms with van der Waals surface area (Å²) < 4.78 is 10.6. The molecule has 3 rings (SSSR count). The lowest BCUT2D eigenvalue weighted by Gasteiger charge is -2.19. The highest BCUT2D eigenvalue weighted by atomic mass is 16.7. The lowest BCUT2D eigenvalue weighted by molar-refractivity contribution is -0.128. The first-order chi connectivity index (χ1) is 10.1. The van der Waals surface area contributed by atoms with Gasteiger partial charge in [-0.1, -0.05) is 6.07 Å². The third-order valence-electron chi connectivity index (χ3n) is 3.45. The highest BCUT2D eigenvalue weighted by Gasteiger charge is 2.26. The number of nitrogens with zero attached hydrogens (tertiary/aromatic N) is 2. The van der Waals surface area contributed by atoms with Crippen molar-refractivity contribution in [3.8, 4) is 11.5 Å². The molecule has 0 bridgehead atoms. The van der Waals surface area contributed by atoms with Gasteiger partial charge in [0.15, 0.2) is 11.5 Å². The Balaban J connectivity index is 1.57. The Hall–Kier alpha value is -2.28. The number of rotatable bonds is 4. The Bertz CT molecular complexity index is 575. The zero-order valence-electron chi connectivity index (χ0n) is 11.8. The van der Waals surface area contributed by atoms with Gasteiger partial charge in [0, 0.05) is 19.6 Å². The Morgan fingerprint density at radius 2 is 2.19 bits per heavy atom. The van der Waals surface area contributed by atoms with Crippen LogP contribution in [0.4, 0.5) is 4.79 Å². The Labute approximate surface area is 122 Å². The van der Waals surface area contributed by atoms with Gasteiger partial charge in [-0.2, -0.15) is 0 Å². The number of hydrogen-bond acceptors (Lipinski definition) is 5. The first-order valence-electron chi connectivity index (χ1n) is 6.79. The zero-order chi connectivity index (χ0) is 14.8. The lowest BCUT2D eigenvalue weighted by atomic mass is 10.2. The van der Waals surface area contributed by atoms with Crippen LogP contribution >= 0.6 is 0 Å². The number of amides is 3. The number of nitrogens with one attached hydrogen (secondary N) is 1. The number of carbonyl (C=O) groups is 2. The minimum atomic E-state index is -0.309. The van der Waals surface area contributed by atoms with Crippen LogP contribution in [0.3, 0.4) is 0 Å². The van der Waals surface area contributed by atoms with Gasteiger partial charge in [0.1, 0.15) is 0 Å². The molecule has 0 radical (unpaired) electrons. The fourth-order valence-electron chi connectivity index (χ4n) is 2.43. The lowest BCUT2D eigenvalue weighted by Crippen LogP contribution is -2.40. The van der Waals surface area contributed by atoms with E-state index in [1.807, 2.05) is 30.1 Å². The van der Waals surface area contributed by atoms with E-state index in [1.54, 1.807) is 0 Å². The number of carbonyl (C=O) groups excluding carboxylic acids is 2. The topological polar surface area (TPSA) is 71.1 Å². The predicted molar refractivity (Wildman–Crippen MR) is 74.0 cm³/mol. The van der Waals surface area contributed by atoms with E-state index in [0.29, 0.717) is 19.6 Å². The van der Waals surface area contributed by atoms with Gasteiger partial charge < -0.3 is 14.8 Å². The third-order valence-corrected chi connectivity index (χ3v) is 3.45. The largest absolute Gasteiger partial charge is 0.454 e. The van der Waals surface area contributed by atoms with E-state index in [-0.39, 0.29) is 25.3 Å². The molecule has 0 aromatic heterocycles. The van der Waals surface area contributed by atoms with Crippen LogP contribution in [-0.4, -0.2) is 55.2 Å². The average molecular weight is 291 g/mol. The average Bonchev–Trinajstić information content (AvgIpc) is 3.06. The van der Waals surface area contributed by atoms with Crippen LogP contribution in [0, 0.1) is 0 Å². The number of fused-ring (bicyclic) bond motifs is 1. The molecular weight excluding hydrogens is 274 g/mol. The monoisotopic (exact) mass is 291 g/mol. The first-order valence-corrected chi connectivity index (χ1v) is 6.79. The molecule has 0 saturated carbocycles. The smallest absolute Gasteiger partial charge is 0.324 e. The van der Waals surface area contributed by atoms with Crippen LogP contribution in [0.25, 0.3) is 0 Å². The SMILES string of the molecule is CN(CC(=O)N1CCNC1=O)Cc1ccc2c(c1)OCO2. The summed E-state index contributed by atoms with van der Waals surface area (Å²) in [5.74, 6) is 1.28. The fraction of sp³-hybridized carbons (Fsp3) is 0.429. The van der Waals surface area contributed by atoms with Gasteiger partial charge in [-0.05, 0) is 24.7 Å². The highest BCUT2D eigenvalue weighted by Crippen LogP contribution is 2.32. The molecule has 0 aliphatic carbocycles. The molecule has 1 N–H and O–H groups in total. The summed E-state index contributed by atoms with van der Waals surface area (Å²) in [5.41, 5.74) is 1.03. The molecule has 1 saturated heterocycles. The van der Waals surface area contributed by atoms with Crippen molar-refractivity contribution in [1.82, 2.24) is 15.1 Å².